The molecule has 0 fully saturated rings. The van der Waals surface area contributed by atoms with Gasteiger partial charge in [-0.3, -0.25) is 18.6 Å². The zero-order valence-electron chi connectivity index (χ0n) is 35.9. The molecule has 0 aromatic rings. The molecule has 332 valence electrons. The number of aliphatic hydroxyl groups excluding tert-OH is 1. The van der Waals surface area contributed by atoms with Gasteiger partial charge in [-0.25, -0.2) is 9.36 Å². The number of rotatable bonds is 42. The van der Waals surface area contributed by atoms with E-state index in [2.05, 4.69) is 55.6 Å². The van der Waals surface area contributed by atoms with Crippen LogP contribution in [-0.4, -0.2) is 64.9 Å². The van der Waals surface area contributed by atoms with Crippen LogP contribution in [0.4, 0.5) is 0 Å². The molecule has 3 unspecified atom stereocenters. The summed E-state index contributed by atoms with van der Waals surface area (Å²) in [4.78, 5) is 45.9. The Balaban J connectivity index is 3.91. The monoisotopic (exact) mass is 828 g/mol. The summed E-state index contributed by atoms with van der Waals surface area (Å²) in [5.41, 5.74) is 0. The molecule has 0 aliphatic carbocycles. The smallest absolute Gasteiger partial charge is 0.472 e. The summed E-state index contributed by atoms with van der Waals surface area (Å²) >= 11 is 0. The Hall–Kier alpha value is -2.30. The number of aliphatic hydroxyl groups is 1. The van der Waals surface area contributed by atoms with Crippen molar-refractivity contribution in [3.63, 3.8) is 0 Å². The molecule has 0 saturated heterocycles. The number of nitrogens with one attached hydrogen (secondary N) is 1. The molecule has 57 heavy (non-hydrogen) atoms. The highest BCUT2D eigenvalue weighted by Crippen LogP contribution is 2.43. The van der Waals surface area contributed by atoms with Gasteiger partial charge in [-0.1, -0.05) is 153 Å². The van der Waals surface area contributed by atoms with Gasteiger partial charge in [0.05, 0.1) is 13.2 Å². The number of esters is 1. The van der Waals surface area contributed by atoms with Crippen molar-refractivity contribution >= 4 is 25.7 Å². The van der Waals surface area contributed by atoms with E-state index in [1.54, 1.807) is 0 Å². The highest BCUT2D eigenvalue weighted by molar-refractivity contribution is 7.47. The molecule has 0 radical (unpaired) electrons. The summed E-state index contributed by atoms with van der Waals surface area (Å²) in [6.07, 6.45) is 43.0. The molecule has 1 amide bonds. The van der Waals surface area contributed by atoms with Crippen molar-refractivity contribution in [1.82, 2.24) is 5.32 Å². The first-order valence-corrected chi connectivity index (χ1v) is 24.0. The Bertz CT molecular complexity index is 1110. The van der Waals surface area contributed by atoms with E-state index in [-0.39, 0.29) is 12.8 Å². The SMILES string of the molecule is CCCCCC/C=C\C/C=C\CCCCCCCC(=O)NC(COP(=O)(O)OCC(O)COC(=O)CCCCCCCCC/C=C\CCCCCCCC)C(=O)O. The average molecular weight is 828 g/mol. The number of hydrogen-bond acceptors (Lipinski definition) is 8. The largest absolute Gasteiger partial charge is 0.480 e. The van der Waals surface area contributed by atoms with Crippen LogP contribution in [0.3, 0.4) is 0 Å². The van der Waals surface area contributed by atoms with Gasteiger partial charge >= 0.3 is 19.8 Å². The minimum Gasteiger partial charge on any atom is -0.480 e. The van der Waals surface area contributed by atoms with Crippen LogP contribution >= 0.6 is 7.82 Å². The number of hydrogen-bond donors (Lipinski definition) is 4. The maximum absolute atomic E-state index is 12.3. The lowest BCUT2D eigenvalue weighted by Crippen LogP contribution is -2.43. The van der Waals surface area contributed by atoms with E-state index in [1.165, 1.54) is 89.9 Å². The average Bonchev–Trinajstić information content (AvgIpc) is 3.18. The van der Waals surface area contributed by atoms with Crippen LogP contribution in [0.5, 0.6) is 0 Å². The quantitative estimate of drug-likeness (QED) is 0.0201. The number of ether oxygens (including phenoxy) is 1. The van der Waals surface area contributed by atoms with E-state index in [9.17, 15) is 34.1 Å². The first kappa shape index (κ1) is 54.7. The molecule has 0 aromatic heterocycles. The van der Waals surface area contributed by atoms with Crippen LogP contribution in [0, 0.1) is 0 Å². The second kappa shape index (κ2) is 40.5. The lowest BCUT2D eigenvalue weighted by atomic mass is 10.1. The van der Waals surface area contributed by atoms with E-state index in [0.29, 0.717) is 12.8 Å². The molecule has 4 N–H and O–H groups in total. The predicted molar refractivity (Wildman–Crippen MR) is 231 cm³/mol. The summed E-state index contributed by atoms with van der Waals surface area (Å²) in [7, 11) is -4.76. The van der Waals surface area contributed by atoms with E-state index < -0.39 is 57.6 Å². The number of carbonyl (C=O) groups is 3. The number of aliphatic carboxylic acids is 1. The number of allylic oxidation sites excluding steroid dienone is 6. The van der Waals surface area contributed by atoms with Gasteiger partial charge in [0.15, 0.2) is 6.04 Å². The lowest BCUT2D eigenvalue weighted by Gasteiger charge is -2.18. The summed E-state index contributed by atoms with van der Waals surface area (Å²) < 4.78 is 26.8. The summed E-state index contributed by atoms with van der Waals surface area (Å²) in [5, 5.41) is 21.8. The highest BCUT2D eigenvalue weighted by atomic mass is 31.2. The molecule has 0 aliphatic rings. The molecule has 0 aliphatic heterocycles. The third-order valence-electron chi connectivity index (χ3n) is 9.65. The van der Waals surface area contributed by atoms with Crippen LogP contribution in [0.1, 0.15) is 200 Å². The summed E-state index contributed by atoms with van der Waals surface area (Å²) in [6.45, 7) is 2.56. The molecule has 0 saturated carbocycles. The Morgan fingerprint density at radius 2 is 0.965 bits per heavy atom. The van der Waals surface area contributed by atoms with Crippen molar-refractivity contribution in [3.05, 3.63) is 36.5 Å². The molecule has 0 aromatic carbocycles. The maximum Gasteiger partial charge on any atom is 0.472 e. The van der Waals surface area contributed by atoms with Gasteiger partial charge in [0, 0.05) is 12.8 Å². The lowest BCUT2D eigenvalue weighted by molar-refractivity contribution is -0.147. The van der Waals surface area contributed by atoms with Gasteiger partial charge in [-0.15, -0.1) is 0 Å². The van der Waals surface area contributed by atoms with Crippen molar-refractivity contribution in [1.29, 1.82) is 0 Å². The number of amides is 1. The minimum atomic E-state index is -4.76. The standard InChI is InChI=1S/C45H82NO10P/c1-3-5-7-9-11-13-15-17-19-21-23-25-27-29-31-33-35-37-44(49)54-38-41(47)39-55-57(52,53)56-40-42(45(50)51)46-43(48)36-34-32-30-28-26-24-22-20-18-16-14-12-10-8-6-4-2/h14,16-17,19-20,22,41-42,47H,3-13,15,18,21,23-40H2,1-2H3,(H,46,48)(H,50,51)(H,52,53)/b16-14-,19-17-,22-20-. The van der Waals surface area contributed by atoms with Gasteiger partial charge in [0.2, 0.25) is 5.91 Å². The zero-order chi connectivity index (χ0) is 42.1. The van der Waals surface area contributed by atoms with E-state index >= 15 is 0 Å². The maximum atomic E-state index is 12.3. The number of carboxylic acid groups (broad SMARTS) is 1. The molecule has 12 heteroatoms. The fourth-order valence-electron chi connectivity index (χ4n) is 6.10. The van der Waals surface area contributed by atoms with E-state index in [1.807, 2.05) is 0 Å². The van der Waals surface area contributed by atoms with Crippen LogP contribution in [0.2, 0.25) is 0 Å². The van der Waals surface area contributed by atoms with Gasteiger partial charge in [0.25, 0.3) is 0 Å². The normalized spacial score (nSPS) is 14.0. The minimum absolute atomic E-state index is 0.129. The van der Waals surface area contributed by atoms with Crippen molar-refractivity contribution < 1.29 is 47.8 Å². The molecule has 3 atom stereocenters. The highest BCUT2D eigenvalue weighted by Gasteiger charge is 2.28. The van der Waals surface area contributed by atoms with Crippen molar-refractivity contribution in [2.75, 3.05) is 19.8 Å². The van der Waals surface area contributed by atoms with Crippen LogP contribution < -0.4 is 5.32 Å². The number of carbonyl (C=O) groups excluding carboxylic acids is 2. The number of phosphoric acid groups is 1. The first-order chi connectivity index (χ1) is 27.6. The van der Waals surface area contributed by atoms with Crippen LogP contribution in [0.25, 0.3) is 0 Å². The second-order valence-electron chi connectivity index (χ2n) is 15.2. The van der Waals surface area contributed by atoms with E-state index in [4.69, 9.17) is 13.8 Å². The molecular weight excluding hydrogens is 745 g/mol. The third kappa shape index (κ3) is 40.3. The molecule has 0 spiro atoms. The molecule has 0 rings (SSSR count). The Morgan fingerprint density at radius 1 is 0.561 bits per heavy atom. The topological polar surface area (TPSA) is 169 Å². The molecular formula is C45H82NO10P. The fourth-order valence-corrected chi connectivity index (χ4v) is 6.88. The van der Waals surface area contributed by atoms with Crippen LogP contribution in [0.15, 0.2) is 36.5 Å². The van der Waals surface area contributed by atoms with Crippen LogP contribution in [-0.2, 0) is 32.7 Å². The Kier molecular flexibility index (Phi) is 38.8. The fraction of sp³-hybridized carbons (Fsp3) is 0.800. The van der Waals surface area contributed by atoms with Gasteiger partial charge in [-0.2, -0.15) is 0 Å². The predicted octanol–water partition coefficient (Wildman–Crippen LogP) is 11.6. The first-order valence-electron chi connectivity index (χ1n) is 22.5. The third-order valence-corrected chi connectivity index (χ3v) is 10.6. The Labute approximate surface area is 346 Å². The summed E-state index contributed by atoms with van der Waals surface area (Å²) in [5.74, 6) is -2.39. The van der Waals surface area contributed by atoms with Gasteiger partial charge < -0.3 is 25.2 Å². The van der Waals surface area contributed by atoms with Gasteiger partial charge in [-0.05, 0) is 70.6 Å². The number of carboxylic acids is 1. The zero-order valence-corrected chi connectivity index (χ0v) is 36.8. The van der Waals surface area contributed by atoms with Crippen molar-refractivity contribution in [3.8, 4) is 0 Å². The number of unbranched alkanes of at least 4 members (excludes halogenated alkanes) is 22. The van der Waals surface area contributed by atoms with E-state index in [0.717, 1.165) is 70.6 Å². The second-order valence-corrected chi connectivity index (χ2v) is 16.7. The van der Waals surface area contributed by atoms with Crippen molar-refractivity contribution in [2.45, 2.75) is 212 Å². The van der Waals surface area contributed by atoms with Gasteiger partial charge in [0.1, 0.15) is 12.7 Å². The molecule has 11 nitrogen and oxygen atoms in total. The summed E-state index contributed by atoms with van der Waals surface area (Å²) in [6, 6.07) is -1.55. The van der Waals surface area contributed by atoms with Crippen molar-refractivity contribution in [2.24, 2.45) is 0 Å². The molecule has 0 heterocycles. The number of phosphoric ester groups is 1. The Morgan fingerprint density at radius 3 is 1.46 bits per heavy atom. The molecule has 0 bridgehead atoms.